The van der Waals surface area contributed by atoms with E-state index < -0.39 is 17.0 Å². The molecule has 0 amide bonds. The highest BCUT2D eigenvalue weighted by Gasteiger charge is 2.37. The zero-order chi connectivity index (χ0) is 12.6. The number of benzene rings is 1. The number of halogens is 3. The topological polar surface area (TPSA) is 17.1 Å². The first kappa shape index (κ1) is 12.5. The quantitative estimate of drug-likeness (QED) is 0.568. The molecular weight excluding hydrogens is 246 g/mol. The Balaban J connectivity index is 2.40. The number of ketones is 1. The van der Waals surface area contributed by atoms with E-state index in [1.165, 1.54) is 0 Å². The van der Waals surface area contributed by atoms with Gasteiger partial charge in [0.05, 0.1) is 5.02 Å². The molecular formula is C13H13ClF2O. The minimum atomic E-state index is -1.03. The molecule has 0 saturated heterocycles. The zero-order valence-corrected chi connectivity index (χ0v) is 10.3. The predicted molar refractivity (Wildman–Crippen MR) is 62.3 cm³/mol. The van der Waals surface area contributed by atoms with Crippen LogP contribution in [0.4, 0.5) is 8.78 Å². The molecule has 0 aromatic heterocycles. The van der Waals surface area contributed by atoms with Crippen LogP contribution in [0.2, 0.25) is 5.02 Å². The molecule has 4 heteroatoms. The summed E-state index contributed by atoms with van der Waals surface area (Å²) in [4.78, 5) is 12.3. The maximum absolute atomic E-state index is 13.1. The Hall–Kier alpha value is -0.960. The second-order valence-electron chi connectivity index (χ2n) is 4.84. The lowest BCUT2D eigenvalue weighted by atomic mass is 9.81. The molecule has 92 valence electrons. The first-order valence-electron chi connectivity index (χ1n) is 5.63. The van der Waals surface area contributed by atoms with Crippen LogP contribution in [0, 0.1) is 17.0 Å². The van der Waals surface area contributed by atoms with Gasteiger partial charge in [0.2, 0.25) is 0 Å². The molecule has 0 spiro atoms. The van der Waals surface area contributed by atoms with Crippen molar-refractivity contribution < 1.29 is 13.6 Å². The summed E-state index contributed by atoms with van der Waals surface area (Å²) >= 11 is 5.81. The van der Waals surface area contributed by atoms with Crippen LogP contribution in [0.1, 0.15) is 43.0 Å². The van der Waals surface area contributed by atoms with E-state index in [0.717, 1.165) is 37.8 Å². The molecule has 17 heavy (non-hydrogen) atoms. The molecule has 0 heterocycles. The fraction of sp³-hybridized carbons (Fsp3) is 0.462. The number of carbonyl (C=O) groups excluding carboxylic acids is 1. The van der Waals surface area contributed by atoms with Gasteiger partial charge in [-0.3, -0.25) is 4.79 Å². The summed E-state index contributed by atoms with van der Waals surface area (Å²) < 4.78 is 26.1. The van der Waals surface area contributed by atoms with Gasteiger partial charge in [0.15, 0.2) is 17.4 Å². The molecule has 1 fully saturated rings. The number of carbonyl (C=O) groups is 1. The van der Waals surface area contributed by atoms with Crippen LogP contribution in [0.25, 0.3) is 0 Å². The van der Waals surface area contributed by atoms with Crippen molar-refractivity contribution in [3.63, 3.8) is 0 Å². The fourth-order valence-electron chi connectivity index (χ4n) is 2.40. The molecule has 1 aromatic rings. The van der Waals surface area contributed by atoms with Crippen molar-refractivity contribution in [3.8, 4) is 0 Å². The lowest BCUT2D eigenvalue weighted by molar-refractivity contribution is 0.0823. The third-order valence-corrected chi connectivity index (χ3v) is 3.82. The van der Waals surface area contributed by atoms with E-state index in [-0.39, 0.29) is 16.4 Å². The molecule has 0 unspecified atom stereocenters. The molecule has 1 aromatic carbocycles. The van der Waals surface area contributed by atoms with E-state index in [0.29, 0.717) is 0 Å². The molecule has 1 aliphatic carbocycles. The van der Waals surface area contributed by atoms with Crippen LogP contribution >= 0.6 is 11.6 Å². The summed E-state index contributed by atoms with van der Waals surface area (Å²) in [6, 6.07) is 1.77. The van der Waals surface area contributed by atoms with Crippen LogP contribution in [0.5, 0.6) is 0 Å². The van der Waals surface area contributed by atoms with Crippen molar-refractivity contribution in [1.82, 2.24) is 0 Å². The maximum Gasteiger partial charge on any atom is 0.170 e. The molecule has 0 radical (unpaired) electrons. The van der Waals surface area contributed by atoms with Gasteiger partial charge < -0.3 is 0 Å². The summed E-state index contributed by atoms with van der Waals surface area (Å²) in [5, 5.41) is -0.0120. The number of Topliss-reactive ketones (excluding diaryl/α,β-unsaturated/α-hetero) is 1. The average molecular weight is 259 g/mol. The number of hydrogen-bond donors (Lipinski definition) is 0. The summed E-state index contributed by atoms with van der Waals surface area (Å²) in [6.45, 7) is 1.86. The largest absolute Gasteiger partial charge is 0.294 e. The Morgan fingerprint density at radius 2 is 1.76 bits per heavy atom. The molecule has 0 aliphatic heterocycles. The number of hydrogen-bond acceptors (Lipinski definition) is 1. The normalized spacial score (nSPS) is 18.4. The van der Waals surface area contributed by atoms with Gasteiger partial charge in [0.1, 0.15) is 0 Å². The van der Waals surface area contributed by atoms with E-state index in [4.69, 9.17) is 11.6 Å². The Kier molecular flexibility index (Phi) is 3.21. The lowest BCUT2D eigenvalue weighted by Crippen LogP contribution is -2.24. The number of rotatable bonds is 2. The zero-order valence-electron chi connectivity index (χ0n) is 9.53. The van der Waals surface area contributed by atoms with Gasteiger partial charge in [-0.15, -0.1) is 0 Å². The Bertz CT molecular complexity index is 465. The van der Waals surface area contributed by atoms with Crippen molar-refractivity contribution in [3.05, 3.63) is 34.4 Å². The molecule has 1 aliphatic rings. The highest BCUT2D eigenvalue weighted by atomic mass is 35.5. The third kappa shape index (κ3) is 2.21. The van der Waals surface area contributed by atoms with E-state index >= 15 is 0 Å². The first-order chi connectivity index (χ1) is 7.94. The Morgan fingerprint density at radius 1 is 1.24 bits per heavy atom. The monoisotopic (exact) mass is 258 g/mol. The van der Waals surface area contributed by atoms with E-state index in [1.54, 1.807) is 0 Å². The molecule has 0 bridgehead atoms. The van der Waals surface area contributed by atoms with Crippen molar-refractivity contribution >= 4 is 17.4 Å². The lowest BCUT2D eigenvalue weighted by Gasteiger charge is -2.22. The summed E-state index contributed by atoms with van der Waals surface area (Å²) in [5.41, 5.74) is -0.386. The molecule has 1 saturated carbocycles. The van der Waals surface area contributed by atoms with E-state index in [1.807, 2.05) is 6.92 Å². The van der Waals surface area contributed by atoms with Crippen LogP contribution < -0.4 is 0 Å². The van der Waals surface area contributed by atoms with Gasteiger partial charge in [0.25, 0.3) is 0 Å². The van der Waals surface area contributed by atoms with E-state index in [2.05, 4.69) is 0 Å². The summed E-state index contributed by atoms with van der Waals surface area (Å²) in [7, 11) is 0. The summed E-state index contributed by atoms with van der Waals surface area (Å²) in [5.74, 6) is -2.23. The Labute approximate surface area is 104 Å². The fourth-order valence-corrected chi connectivity index (χ4v) is 2.64. The minimum absolute atomic E-state index is 0.0120. The molecule has 0 atom stereocenters. The van der Waals surface area contributed by atoms with Gasteiger partial charge in [-0.25, -0.2) is 8.78 Å². The van der Waals surface area contributed by atoms with Gasteiger partial charge in [-0.2, -0.15) is 0 Å². The van der Waals surface area contributed by atoms with Crippen molar-refractivity contribution in [2.45, 2.75) is 32.6 Å². The van der Waals surface area contributed by atoms with Gasteiger partial charge in [0, 0.05) is 11.0 Å². The van der Waals surface area contributed by atoms with Gasteiger partial charge in [-0.1, -0.05) is 31.4 Å². The van der Waals surface area contributed by atoms with Crippen molar-refractivity contribution in [2.24, 2.45) is 5.41 Å². The van der Waals surface area contributed by atoms with Gasteiger partial charge >= 0.3 is 0 Å². The summed E-state index contributed by atoms with van der Waals surface area (Å²) in [6.07, 6.45) is 3.54. The second-order valence-corrected chi connectivity index (χ2v) is 5.25. The second kappa shape index (κ2) is 4.37. The highest BCUT2D eigenvalue weighted by Crippen LogP contribution is 2.41. The van der Waals surface area contributed by atoms with Crippen LogP contribution in [-0.4, -0.2) is 5.78 Å². The van der Waals surface area contributed by atoms with Crippen molar-refractivity contribution in [2.75, 3.05) is 0 Å². The average Bonchev–Trinajstić information content (AvgIpc) is 2.71. The molecule has 1 nitrogen and oxygen atoms in total. The van der Waals surface area contributed by atoms with Crippen LogP contribution in [0.15, 0.2) is 12.1 Å². The van der Waals surface area contributed by atoms with E-state index in [9.17, 15) is 13.6 Å². The standard InChI is InChI=1S/C13H13ClF2O/c1-13(4-2-3-5-13)12(17)8-6-10(15)11(16)7-9(8)14/h6-7H,2-5H2,1H3. The maximum atomic E-state index is 13.1. The van der Waals surface area contributed by atoms with Crippen molar-refractivity contribution in [1.29, 1.82) is 0 Å². The SMILES string of the molecule is CC1(C(=O)c2cc(F)c(F)cc2Cl)CCCC1. The first-order valence-corrected chi connectivity index (χ1v) is 6.01. The third-order valence-electron chi connectivity index (χ3n) is 3.51. The smallest absolute Gasteiger partial charge is 0.170 e. The molecule has 0 N–H and O–H groups in total. The Morgan fingerprint density at radius 3 is 2.35 bits per heavy atom. The predicted octanol–water partition coefficient (Wildman–Crippen LogP) is 4.38. The van der Waals surface area contributed by atoms with Crippen LogP contribution in [0.3, 0.4) is 0 Å². The minimum Gasteiger partial charge on any atom is -0.294 e. The van der Waals surface area contributed by atoms with Crippen LogP contribution in [-0.2, 0) is 0 Å². The van der Waals surface area contributed by atoms with Gasteiger partial charge in [-0.05, 0) is 25.0 Å². The highest BCUT2D eigenvalue weighted by molar-refractivity contribution is 6.34. The molecule has 2 rings (SSSR count).